The van der Waals surface area contributed by atoms with E-state index in [1.807, 2.05) is 5.32 Å². The predicted molar refractivity (Wildman–Crippen MR) is 71.4 cm³/mol. The van der Waals surface area contributed by atoms with Gasteiger partial charge in [0.15, 0.2) is 11.6 Å². The van der Waals surface area contributed by atoms with E-state index >= 15 is 0 Å². The maximum atomic E-state index is 13.4. The molecule has 1 amide bonds. The average molecular weight is 305 g/mol. The fourth-order valence-corrected chi connectivity index (χ4v) is 1.53. The zero-order valence-corrected chi connectivity index (χ0v) is 11.5. The topological polar surface area (TPSA) is 55.1 Å². The summed E-state index contributed by atoms with van der Waals surface area (Å²) in [5.41, 5.74) is 4.92. The van der Waals surface area contributed by atoms with Gasteiger partial charge in [-0.1, -0.05) is 11.6 Å². The summed E-state index contributed by atoms with van der Waals surface area (Å²) >= 11 is 5.72. The fourth-order valence-electron chi connectivity index (χ4n) is 1.39. The number of anilines is 1. The average Bonchev–Trinajstić information content (AvgIpc) is 2.29. The van der Waals surface area contributed by atoms with Crippen LogP contribution in [0.15, 0.2) is 34.5 Å². The Morgan fingerprint density at radius 2 is 1.75 bits per heavy atom. The Hall–Kier alpha value is -1.95. The summed E-state index contributed by atoms with van der Waals surface area (Å²) in [5.74, 6) is -4.39. The van der Waals surface area contributed by atoms with Crippen molar-refractivity contribution in [2.45, 2.75) is 13.8 Å². The van der Waals surface area contributed by atoms with Crippen LogP contribution in [0.25, 0.3) is 0 Å². The maximum absolute atomic E-state index is 13.4. The number of rotatable bonds is 3. The van der Waals surface area contributed by atoms with Gasteiger partial charge in [0.2, 0.25) is 0 Å². The van der Waals surface area contributed by atoms with Crippen molar-refractivity contribution in [3.63, 3.8) is 0 Å². The van der Waals surface area contributed by atoms with Crippen LogP contribution in [0.1, 0.15) is 13.8 Å². The van der Waals surface area contributed by atoms with Crippen molar-refractivity contribution in [2.24, 2.45) is 5.73 Å². The number of nitrogens with one attached hydrogen (secondary N) is 1. The second kappa shape index (κ2) is 6.47. The lowest BCUT2D eigenvalue weighted by molar-refractivity contribution is -0.112. The van der Waals surface area contributed by atoms with E-state index in [1.54, 1.807) is 0 Å². The summed E-state index contributed by atoms with van der Waals surface area (Å²) in [5, 5.41) is 2.09. The second-order valence-corrected chi connectivity index (χ2v) is 4.60. The van der Waals surface area contributed by atoms with Gasteiger partial charge >= 0.3 is 0 Å². The Labute approximate surface area is 118 Å². The first-order valence-electron chi connectivity index (χ1n) is 5.48. The molecule has 0 aliphatic rings. The van der Waals surface area contributed by atoms with Gasteiger partial charge in [-0.05, 0) is 19.9 Å². The highest BCUT2D eigenvalue weighted by molar-refractivity contribution is 6.32. The van der Waals surface area contributed by atoms with Crippen LogP contribution in [0.4, 0.5) is 18.9 Å². The summed E-state index contributed by atoms with van der Waals surface area (Å²) in [7, 11) is 0. The van der Waals surface area contributed by atoms with Crippen LogP contribution in [0.3, 0.4) is 0 Å². The van der Waals surface area contributed by atoms with E-state index < -0.39 is 29.0 Å². The third-order valence-corrected chi connectivity index (χ3v) is 2.44. The SMILES string of the molecule is C/C(Cl)=C(\C=C(/C)N)C(=O)Nc1c(F)cc(F)cc1F. The van der Waals surface area contributed by atoms with E-state index in [0.29, 0.717) is 12.1 Å². The molecule has 20 heavy (non-hydrogen) atoms. The van der Waals surface area contributed by atoms with E-state index in [4.69, 9.17) is 17.3 Å². The minimum atomic E-state index is -1.23. The second-order valence-electron chi connectivity index (χ2n) is 4.03. The fraction of sp³-hybridized carbons (Fsp3) is 0.154. The van der Waals surface area contributed by atoms with Crippen LogP contribution in [0.5, 0.6) is 0 Å². The maximum Gasteiger partial charge on any atom is 0.257 e. The Morgan fingerprint density at radius 1 is 1.25 bits per heavy atom. The van der Waals surface area contributed by atoms with E-state index in [9.17, 15) is 18.0 Å². The predicted octanol–water partition coefficient (Wildman–Crippen LogP) is 3.42. The number of hydrogen-bond donors (Lipinski definition) is 2. The van der Waals surface area contributed by atoms with Crippen molar-refractivity contribution in [3.05, 3.63) is 52.0 Å². The molecule has 3 N–H and O–H groups in total. The Balaban J connectivity index is 3.14. The van der Waals surface area contributed by atoms with Gasteiger partial charge in [0.05, 0.1) is 5.57 Å². The lowest BCUT2D eigenvalue weighted by Gasteiger charge is -2.09. The number of amides is 1. The van der Waals surface area contributed by atoms with Gasteiger partial charge in [-0.2, -0.15) is 0 Å². The van der Waals surface area contributed by atoms with E-state index in [1.165, 1.54) is 19.9 Å². The molecule has 1 aromatic carbocycles. The molecule has 0 radical (unpaired) electrons. The quantitative estimate of drug-likeness (QED) is 0.664. The smallest absolute Gasteiger partial charge is 0.257 e. The van der Waals surface area contributed by atoms with E-state index in [2.05, 4.69) is 0 Å². The van der Waals surface area contributed by atoms with Crippen molar-refractivity contribution >= 4 is 23.2 Å². The minimum Gasteiger partial charge on any atom is -0.402 e. The molecule has 0 aliphatic heterocycles. The lowest BCUT2D eigenvalue weighted by atomic mass is 10.2. The normalized spacial score (nSPS) is 13.0. The van der Waals surface area contributed by atoms with Gasteiger partial charge < -0.3 is 11.1 Å². The van der Waals surface area contributed by atoms with Crippen molar-refractivity contribution in [3.8, 4) is 0 Å². The molecule has 0 fully saturated rings. The van der Waals surface area contributed by atoms with Gasteiger partial charge in [0.1, 0.15) is 11.5 Å². The molecule has 1 rings (SSSR count). The van der Waals surface area contributed by atoms with Crippen LogP contribution in [-0.2, 0) is 4.79 Å². The highest BCUT2D eigenvalue weighted by Crippen LogP contribution is 2.22. The van der Waals surface area contributed by atoms with Gasteiger partial charge in [-0.15, -0.1) is 0 Å². The molecule has 0 bridgehead atoms. The lowest BCUT2D eigenvalue weighted by Crippen LogP contribution is -2.17. The van der Waals surface area contributed by atoms with Crippen LogP contribution in [0.2, 0.25) is 0 Å². The summed E-state index contributed by atoms with van der Waals surface area (Å²) in [4.78, 5) is 11.9. The molecule has 0 saturated heterocycles. The number of carbonyl (C=O) groups excluding carboxylic acids is 1. The van der Waals surface area contributed by atoms with Gasteiger partial charge in [-0.3, -0.25) is 4.79 Å². The zero-order valence-electron chi connectivity index (χ0n) is 10.7. The Kier molecular flexibility index (Phi) is 5.21. The summed E-state index contributed by atoms with van der Waals surface area (Å²) in [6, 6.07) is 0.916. The highest BCUT2D eigenvalue weighted by Gasteiger charge is 2.17. The van der Waals surface area contributed by atoms with Crippen molar-refractivity contribution in [1.29, 1.82) is 0 Å². The van der Waals surface area contributed by atoms with E-state index in [-0.39, 0.29) is 16.3 Å². The first-order chi connectivity index (χ1) is 9.22. The van der Waals surface area contributed by atoms with Crippen molar-refractivity contribution in [2.75, 3.05) is 5.32 Å². The number of halogens is 4. The third-order valence-electron chi connectivity index (χ3n) is 2.23. The van der Waals surface area contributed by atoms with Crippen molar-refractivity contribution in [1.82, 2.24) is 0 Å². The molecule has 0 unspecified atom stereocenters. The molecule has 0 aromatic heterocycles. The zero-order chi connectivity index (χ0) is 15.4. The van der Waals surface area contributed by atoms with Crippen LogP contribution in [-0.4, -0.2) is 5.91 Å². The molecular formula is C13H12ClF3N2O. The highest BCUT2D eigenvalue weighted by atomic mass is 35.5. The van der Waals surface area contributed by atoms with Gasteiger partial charge in [-0.25, -0.2) is 13.2 Å². The number of carbonyl (C=O) groups is 1. The Bertz CT molecular complexity index is 581. The summed E-state index contributed by atoms with van der Waals surface area (Å²) < 4.78 is 39.6. The monoisotopic (exact) mass is 304 g/mol. The molecule has 0 spiro atoms. The largest absolute Gasteiger partial charge is 0.402 e. The molecule has 3 nitrogen and oxygen atoms in total. The molecule has 7 heteroatoms. The molecule has 0 aliphatic carbocycles. The molecule has 0 heterocycles. The molecule has 1 aromatic rings. The molecule has 0 saturated carbocycles. The number of nitrogens with two attached hydrogens (primary N) is 1. The molecule has 0 atom stereocenters. The number of hydrogen-bond acceptors (Lipinski definition) is 2. The van der Waals surface area contributed by atoms with E-state index in [0.717, 1.165) is 0 Å². The van der Waals surface area contributed by atoms with Crippen LogP contribution < -0.4 is 11.1 Å². The van der Waals surface area contributed by atoms with Crippen LogP contribution >= 0.6 is 11.6 Å². The first-order valence-corrected chi connectivity index (χ1v) is 5.86. The van der Waals surface area contributed by atoms with Gasteiger partial charge in [0, 0.05) is 22.9 Å². The van der Waals surface area contributed by atoms with Crippen LogP contribution in [0, 0.1) is 17.5 Å². The first kappa shape index (κ1) is 16.1. The number of benzene rings is 1. The number of allylic oxidation sites excluding steroid dienone is 2. The third kappa shape index (κ3) is 4.03. The van der Waals surface area contributed by atoms with Gasteiger partial charge in [0.25, 0.3) is 5.91 Å². The Morgan fingerprint density at radius 3 is 2.15 bits per heavy atom. The summed E-state index contributed by atoms with van der Waals surface area (Å²) in [6.07, 6.45) is 1.26. The minimum absolute atomic E-state index is 0.0465. The standard InChI is InChI=1S/C13H12ClF3N2O/c1-6(18)3-9(7(2)14)13(20)19-12-10(16)4-8(15)5-11(12)17/h3-5H,18H2,1-2H3,(H,19,20)/b6-3+,9-7-. The summed E-state index contributed by atoms with van der Waals surface area (Å²) in [6.45, 7) is 2.94. The molecule has 108 valence electrons. The molecular weight excluding hydrogens is 293 g/mol. The van der Waals surface area contributed by atoms with Crippen molar-refractivity contribution < 1.29 is 18.0 Å².